The van der Waals surface area contributed by atoms with Crippen LogP contribution in [0.2, 0.25) is 0 Å². The number of ether oxygens (including phenoxy) is 1. The summed E-state index contributed by atoms with van der Waals surface area (Å²) in [5, 5.41) is 6.35. The van der Waals surface area contributed by atoms with Gasteiger partial charge in [-0.05, 0) is 29.7 Å². The molecule has 2 aromatic rings. The molecule has 1 spiro atoms. The molecule has 3 heterocycles. The number of methoxy groups -OCH3 is 1. The average molecular weight is 419 g/mol. The lowest BCUT2D eigenvalue weighted by Gasteiger charge is -2.30. The van der Waals surface area contributed by atoms with Gasteiger partial charge in [0.15, 0.2) is 0 Å². The fraction of sp³-hybridized carbons (Fsp3) is 0.375. The normalized spacial score (nSPS) is 29.0. The van der Waals surface area contributed by atoms with E-state index in [0.29, 0.717) is 11.4 Å². The van der Waals surface area contributed by atoms with Crippen molar-refractivity contribution in [2.24, 2.45) is 17.8 Å². The highest BCUT2D eigenvalue weighted by Gasteiger charge is 2.70. The van der Waals surface area contributed by atoms with Crippen LogP contribution in [0.25, 0.3) is 0 Å². The number of imide groups is 1. The molecule has 4 atom stereocenters. The van der Waals surface area contributed by atoms with Crippen molar-refractivity contribution < 1.29 is 19.1 Å². The Balaban J connectivity index is 1.56. The summed E-state index contributed by atoms with van der Waals surface area (Å²) in [4.78, 5) is 41.8. The second kappa shape index (κ2) is 6.92. The lowest BCUT2D eigenvalue weighted by molar-refractivity contribution is -0.143. The van der Waals surface area contributed by atoms with Crippen molar-refractivity contribution in [3.63, 3.8) is 0 Å². The van der Waals surface area contributed by atoms with Crippen molar-refractivity contribution in [3.05, 3.63) is 59.7 Å². The van der Waals surface area contributed by atoms with Crippen LogP contribution in [0.15, 0.2) is 48.5 Å². The molecule has 3 amide bonds. The standard InChI is InChI=1S/C24H25N3O4/c1-13(2)20-18-19(24(26-20)16-6-4-5-7-17(16)25-23(24)30)22(29)27(21(18)28)12-14-8-10-15(31-3)11-9-14/h4-11,13,18-20,26H,12H2,1-3H3,(H,25,30)/t18-,19-,20?,24?/m0/s1. The maximum Gasteiger partial charge on any atom is 0.250 e. The lowest BCUT2D eigenvalue weighted by Crippen LogP contribution is -2.53. The van der Waals surface area contributed by atoms with Crippen molar-refractivity contribution in [2.45, 2.75) is 32.0 Å². The van der Waals surface area contributed by atoms with E-state index in [1.165, 1.54) is 4.90 Å². The number of hydrogen-bond donors (Lipinski definition) is 2. The quantitative estimate of drug-likeness (QED) is 0.743. The van der Waals surface area contributed by atoms with Crippen LogP contribution in [0.4, 0.5) is 5.69 Å². The first kappa shape index (κ1) is 19.8. The Morgan fingerprint density at radius 1 is 1.03 bits per heavy atom. The molecule has 2 fully saturated rings. The van der Waals surface area contributed by atoms with E-state index in [2.05, 4.69) is 10.6 Å². The third kappa shape index (κ3) is 2.66. The Bertz CT molecular complexity index is 1080. The lowest BCUT2D eigenvalue weighted by atomic mass is 9.76. The maximum atomic E-state index is 13.7. The van der Waals surface area contributed by atoms with E-state index < -0.39 is 17.4 Å². The zero-order valence-corrected chi connectivity index (χ0v) is 17.7. The predicted octanol–water partition coefficient (Wildman–Crippen LogP) is 2.27. The monoisotopic (exact) mass is 419 g/mol. The summed E-state index contributed by atoms with van der Waals surface area (Å²) in [7, 11) is 1.59. The molecule has 3 aliphatic rings. The van der Waals surface area contributed by atoms with Gasteiger partial charge < -0.3 is 10.1 Å². The van der Waals surface area contributed by atoms with Gasteiger partial charge in [0.2, 0.25) is 17.7 Å². The van der Waals surface area contributed by atoms with Gasteiger partial charge in [-0.25, -0.2) is 0 Å². The van der Waals surface area contributed by atoms with Crippen LogP contribution in [0.5, 0.6) is 5.75 Å². The molecular weight excluding hydrogens is 394 g/mol. The van der Waals surface area contributed by atoms with E-state index in [1.807, 2.05) is 62.4 Å². The first-order valence-electron chi connectivity index (χ1n) is 10.5. The summed E-state index contributed by atoms with van der Waals surface area (Å²) in [5.74, 6) is -1.34. The van der Waals surface area contributed by atoms with Crippen molar-refractivity contribution >= 4 is 23.4 Å². The molecule has 160 valence electrons. The number of para-hydroxylation sites is 1. The van der Waals surface area contributed by atoms with E-state index in [9.17, 15) is 14.4 Å². The van der Waals surface area contributed by atoms with Crippen LogP contribution in [0.3, 0.4) is 0 Å². The average Bonchev–Trinajstić information content (AvgIpc) is 3.35. The Kier molecular flexibility index (Phi) is 4.41. The number of carbonyl (C=O) groups is 3. The van der Waals surface area contributed by atoms with Crippen molar-refractivity contribution in [2.75, 3.05) is 12.4 Å². The smallest absolute Gasteiger partial charge is 0.250 e. The fourth-order valence-electron chi connectivity index (χ4n) is 5.39. The van der Waals surface area contributed by atoms with Crippen LogP contribution in [0, 0.1) is 17.8 Å². The Labute approximate surface area is 180 Å². The SMILES string of the molecule is COc1ccc(CN2C(=O)[C@@H]3C(C(C)C)NC4(C(=O)Nc5ccccc54)[C@@H]3C2=O)cc1. The van der Waals surface area contributed by atoms with Gasteiger partial charge in [0.05, 0.1) is 25.5 Å². The van der Waals surface area contributed by atoms with Gasteiger partial charge in [-0.2, -0.15) is 0 Å². The van der Waals surface area contributed by atoms with Crippen LogP contribution < -0.4 is 15.4 Å². The first-order valence-corrected chi connectivity index (χ1v) is 10.5. The molecule has 0 radical (unpaired) electrons. The molecule has 0 aliphatic carbocycles. The number of amides is 3. The van der Waals surface area contributed by atoms with Crippen LogP contribution in [-0.2, 0) is 26.5 Å². The highest BCUT2D eigenvalue weighted by Crippen LogP contribution is 2.54. The van der Waals surface area contributed by atoms with Gasteiger partial charge in [-0.1, -0.05) is 44.2 Å². The molecule has 2 unspecified atom stereocenters. The molecule has 2 N–H and O–H groups in total. The zero-order chi connectivity index (χ0) is 21.9. The van der Waals surface area contributed by atoms with Crippen molar-refractivity contribution in [3.8, 4) is 5.75 Å². The Hall–Kier alpha value is -3.19. The minimum Gasteiger partial charge on any atom is -0.497 e. The van der Waals surface area contributed by atoms with Gasteiger partial charge in [0, 0.05) is 17.3 Å². The molecule has 31 heavy (non-hydrogen) atoms. The number of carbonyl (C=O) groups excluding carboxylic acids is 3. The summed E-state index contributed by atoms with van der Waals surface area (Å²) in [5.41, 5.74) is 1.04. The Morgan fingerprint density at radius 2 is 1.74 bits per heavy atom. The third-order valence-corrected chi connectivity index (χ3v) is 6.87. The largest absolute Gasteiger partial charge is 0.497 e. The highest BCUT2D eigenvalue weighted by atomic mass is 16.5. The highest BCUT2D eigenvalue weighted by molar-refractivity contribution is 6.15. The van der Waals surface area contributed by atoms with Crippen LogP contribution in [0.1, 0.15) is 25.0 Å². The van der Waals surface area contributed by atoms with Crippen LogP contribution >= 0.6 is 0 Å². The summed E-state index contributed by atoms with van der Waals surface area (Å²) >= 11 is 0. The number of likely N-dealkylation sites (tertiary alicyclic amines) is 1. The molecule has 7 heteroatoms. The molecule has 5 rings (SSSR count). The summed E-state index contributed by atoms with van der Waals surface area (Å²) in [6, 6.07) is 14.4. The van der Waals surface area contributed by atoms with Crippen LogP contribution in [-0.4, -0.2) is 35.8 Å². The number of nitrogens with one attached hydrogen (secondary N) is 2. The maximum absolute atomic E-state index is 13.7. The zero-order valence-electron chi connectivity index (χ0n) is 17.7. The molecule has 0 aromatic heterocycles. The van der Waals surface area contributed by atoms with Gasteiger partial charge in [0.1, 0.15) is 11.3 Å². The molecule has 0 saturated carbocycles. The molecule has 2 aromatic carbocycles. The molecule has 0 bridgehead atoms. The topological polar surface area (TPSA) is 87.7 Å². The molecular formula is C24H25N3O4. The van der Waals surface area contributed by atoms with E-state index >= 15 is 0 Å². The molecule has 2 saturated heterocycles. The van der Waals surface area contributed by atoms with Gasteiger partial charge in [-0.3, -0.25) is 24.6 Å². The third-order valence-electron chi connectivity index (χ3n) is 6.87. The van der Waals surface area contributed by atoms with E-state index in [1.54, 1.807) is 7.11 Å². The van der Waals surface area contributed by atoms with Gasteiger partial charge in [-0.15, -0.1) is 0 Å². The number of fused-ring (bicyclic) bond motifs is 4. The van der Waals surface area contributed by atoms with E-state index in [-0.39, 0.29) is 36.2 Å². The van der Waals surface area contributed by atoms with Gasteiger partial charge in [0.25, 0.3) is 0 Å². The minimum atomic E-state index is -1.22. The second-order valence-electron chi connectivity index (χ2n) is 8.84. The summed E-state index contributed by atoms with van der Waals surface area (Å²) in [6.45, 7) is 4.20. The fourth-order valence-corrected chi connectivity index (χ4v) is 5.39. The van der Waals surface area contributed by atoms with E-state index in [0.717, 1.165) is 11.1 Å². The molecule has 7 nitrogen and oxygen atoms in total. The number of benzene rings is 2. The number of rotatable bonds is 4. The summed E-state index contributed by atoms with van der Waals surface area (Å²) in [6.07, 6.45) is 0. The first-order chi connectivity index (χ1) is 14.9. The number of nitrogens with zero attached hydrogens (tertiary/aromatic N) is 1. The van der Waals surface area contributed by atoms with Crippen molar-refractivity contribution in [1.82, 2.24) is 10.2 Å². The van der Waals surface area contributed by atoms with Crippen molar-refractivity contribution in [1.29, 1.82) is 0 Å². The second-order valence-corrected chi connectivity index (χ2v) is 8.84. The number of anilines is 1. The minimum absolute atomic E-state index is 0.0742. The predicted molar refractivity (Wildman–Crippen MR) is 114 cm³/mol. The Morgan fingerprint density at radius 3 is 2.42 bits per heavy atom. The molecule has 3 aliphatic heterocycles. The van der Waals surface area contributed by atoms with E-state index in [4.69, 9.17) is 4.74 Å². The van der Waals surface area contributed by atoms with Gasteiger partial charge >= 0.3 is 0 Å². The summed E-state index contributed by atoms with van der Waals surface area (Å²) < 4.78 is 5.19. The number of hydrogen-bond acceptors (Lipinski definition) is 5.